The van der Waals surface area contributed by atoms with Crippen LogP contribution < -0.4 is 0 Å². The Kier molecular flexibility index (Phi) is 3.54. The molecule has 0 saturated heterocycles. The van der Waals surface area contributed by atoms with Gasteiger partial charge >= 0.3 is 0 Å². The van der Waals surface area contributed by atoms with Crippen molar-refractivity contribution in [3.05, 3.63) is 57.0 Å². The van der Waals surface area contributed by atoms with Crippen molar-refractivity contribution in [2.75, 3.05) is 0 Å². The monoisotopic (exact) mass is 316 g/mol. The van der Waals surface area contributed by atoms with Crippen LogP contribution in [0, 0.1) is 25.5 Å². The molecule has 1 N–H and O–H groups in total. The quantitative estimate of drug-likeness (QED) is 0.849. The Bertz CT molecular complexity index is 593. The standard InChI is InChI=1S/C13H11BrF2O2/c1-6-5-8(7(2)18-6)13(17)11-10(15)4-3-9(14)12(11)16/h3-5,13,17H,1-2H3. The summed E-state index contributed by atoms with van der Waals surface area (Å²) >= 11 is 2.97. The van der Waals surface area contributed by atoms with Crippen molar-refractivity contribution in [3.63, 3.8) is 0 Å². The lowest BCUT2D eigenvalue weighted by Gasteiger charge is -2.13. The third-order valence-electron chi connectivity index (χ3n) is 2.73. The van der Waals surface area contributed by atoms with Crippen molar-refractivity contribution in [1.82, 2.24) is 0 Å². The van der Waals surface area contributed by atoms with Gasteiger partial charge in [-0.25, -0.2) is 8.78 Å². The largest absolute Gasteiger partial charge is 0.466 e. The molecule has 0 radical (unpaired) electrons. The minimum absolute atomic E-state index is 0.107. The normalized spacial score (nSPS) is 12.8. The molecule has 0 aliphatic heterocycles. The molecule has 0 amide bonds. The number of benzene rings is 1. The minimum Gasteiger partial charge on any atom is -0.466 e. The molecule has 1 aromatic heterocycles. The van der Waals surface area contributed by atoms with E-state index < -0.39 is 17.7 Å². The van der Waals surface area contributed by atoms with Crippen molar-refractivity contribution in [2.45, 2.75) is 20.0 Å². The Hall–Kier alpha value is -1.20. The van der Waals surface area contributed by atoms with Crippen molar-refractivity contribution in [3.8, 4) is 0 Å². The molecule has 96 valence electrons. The van der Waals surface area contributed by atoms with Gasteiger partial charge in [-0.05, 0) is 48.0 Å². The van der Waals surface area contributed by atoms with Crippen molar-refractivity contribution >= 4 is 15.9 Å². The number of rotatable bonds is 2. The molecule has 2 nitrogen and oxygen atoms in total. The molecule has 0 aliphatic carbocycles. The van der Waals surface area contributed by atoms with E-state index in [0.717, 1.165) is 6.07 Å². The summed E-state index contributed by atoms with van der Waals surface area (Å²) in [5.41, 5.74) is -0.0170. The maximum absolute atomic E-state index is 13.9. The second-order valence-corrected chi connectivity index (χ2v) is 4.88. The smallest absolute Gasteiger partial charge is 0.146 e. The number of aliphatic hydroxyl groups is 1. The lowest BCUT2D eigenvalue weighted by Crippen LogP contribution is -2.06. The van der Waals surface area contributed by atoms with Crippen LogP contribution in [0.25, 0.3) is 0 Å². The highest BCUT2D eigenvalue weighted by Gasteiger charge is 2.24. The highest BCUT2D eigenvalue weighted by atomic mass is 79.9. The van der Waals surface area contributed by atoms with Gasteiger partial charge in [0.25, 0.3) is 0 Å². The molecule has 0 spiro atoms. The lowest BCUT2D eigenvalue weighted by atomic mass is 10.0. The second kappa shape index (κ2) is 4.82. The van der Waals surface area contributed by atoms with E-state index in [4.69, 9.17) is 4.42 Å². The Balaban J connectivity index is 2.56. The van der Waals surface area contributed by atoms with Crippen LogP contribution in [-0.4, -0.2) is 5.11 Å². The first-order valence-electron chi connectivity index (χ1n) is 5.30. The molecule has 1 aromatic carbocycles. The lowest BCUT2D eigenvalue weighted by molar-refractivity contribution is 0.206. The first-order chi connectivity index (χ1) is 8.41. The first kappa shape index (κ1) is 13.2. The fourth-order valence-electron chi connectivity index (χ4n) is 1.87. The number of hydrogen-bond acceptors (Lipinski definition) is 2. The summed E-state index contributed by atoms with van der Waals surface area (Å²) < 4.78 is 32.9. The molecule has 2 aromatic rings. The van der Waals surface area contributed by atoms with Gasteiger partial charge in [0.2, 0.25) is 0 Å². The van der Waals surface area contributed by atoms with Crippen LogP contribution in [-0.2, 0) is 0 Å². The zero-order chi connectivity index (χ0) is 13.4. The Morgan fingerprint density at radius 2 is 1.94 bits per heavy atom. The van der Waals surface area contributed by atoms with Crippen LogP contribution in [0.5, 0.6) is 0 Å². The number of aliphatic hydroxyl groups excluding tert-OH is 1. The summed E-state index contributed by atoms with van der Waals surface area (Å²) in [4.78, 5) is 0. The van der Waals surface area contributed by atoms with E-state index in [1.165, 1.54) is 6.07 Å². The van der Waals surface area contributed by atoms with Crippen LogP contribution in [0.3, 0.4) is 0 Å². The number of aryl methyl sites for hydroxylation is 2. The third kappa shape index (κ3) is 2.20. The topological polar surface area (TPSA) is 33.4 Å². The van der Waals surface area contributed by atoms with E-state index in [1.54, 1.807) is 19.9 Å². The minimum atomic E-state index is -1.39. The Morgan fingerprint density at radius 1 is 1.28 bits per heavy atom. The van der Waals surface area contributed by atoms with Crippen LogP contribution in [0.1, 0.15) is 28.8 Å². The summed E-state index contributed by atoms with van der Waals surface area (Å²) in [5.74, 6) is -0.571. The number of furan rings is 1. The molecule has 1 atom stereocenters. The fraction of sp³-hybridized carbons (Fsp3) is 0.231. The second-order valence-electron chi connectivity index (χ2n) is 4.03. The predicted molar refractivity (Wildman–Crippen MR) is 66.3 cm³/mol. The summed E-state index contributed by atoms with van der Waals surface area (Å²) in [6, 6.07) is 3.93. The molecule has 1 unspecified atom stereocenters. The summed E-state index contributed by atoms with van der Waals surface area (Å²) in [5, 5.41) is 10.1. The van der Waals surface area contributed by atoms with Crippen molar-refractivity contribution in [2.24, 2.45) is 0 Å². The zero-order valence-corrected chi connectivity index (χ0v) is 11.4. The fourth-order valence-corrected chi connectivity index (χ4v) is 2.22. The zero-order valence-electron chi connectivity index (χ0n) is 9.80. The summed E-state index contributed by atoms with van der Waals surface area (Å²) in [6.45, 7) is 3.34. The Morgan fingerprint density at radius 3 is 2.50 bits per heavy atom. The number of hydrogen-bond donors (Lipinski definition) is 1. The highest BCUT2D eigenvalue weighted by molar-refractivity contribution is 9.10. The van der Waals surface area contributed by atoms with Gasteiger partial charge in [-0.3, -0.25) is 0 Å². The maximum Gasteiger partial charge on any atom is 0.146 e. The molecular weight excluding hydrogens is 306 g/mol. The van der Waals surface area contributed by atoms with Gasteiger partial charge in [-0.15, -0.1) is 0 Å². The van der Waals surface area contributed by atoms with Gasteiger partial charge < -0.3 is 9.52 Å². The van der Waals surface area contributed by atoms with Gasteiger partial charge in [-0.2, -0.15) is 0 Å². The first-order valence-corrected chi connectivity index (χ1v) is 6.09. The van der Waals surface area contributed by atoms with E-state index in [9.17, 15) is 13.9 Å². The maximum atomic E-state index is 13.9. The van der Waals surface area contributed by atoms with E-state index in [2.05, 4.69) is 15.9 Å². The SMILES string of the molecule is Cc1cc(C(O)c2c(F)ccc(Br)c2F)c(C)o1. The molecule has 1 heterocycles. The molecule has 5 heteroatoms. The molecule has 18 heavy (non-hydrogen) atoms. The Labute approximate surface area is 111 Å². The van der Waals surface area contributed by atoms with Gasteiger partial charge in [0.15, 0.2) is 0 Å². The third-order valence-corrected chi connectivity index (χ3v) is 3.34. The molecule has 0 saturated carbocycles. The van der Waals surface area contributed by atoms with Gasteiger partial charge in [0.05, 0.1) is 10.0 Å². The number of halogens is 3. The van der Waals surface area contributed by atoms with E-state index in [1.807, 2.05) is 0 Å². The van der Waals surface area contributed by atoms with Crippen molar-refractivity contribution in [1.29, 1.82) is 0 Å². The van der Waals surface area contributed by atoms with E-state index in [-0.39, 0.29) is 10.0 Å². The molecule has 0 bridgehead atoms. The van der Waals surface area contributed by atoms with Crippen LogP contribution in [0.2, 0.25) is 0 Å². The van der Waals surface area contributed by atoms with Gasteiger partial charge in [-0.1, -0.05) is 0 Å². The molecule has 0 fully saturated rings. The van der Waals surface area contributed by atoms with Crippen molar-refractivity contribution < 1.29 is 18.3 Å². The van der Waals surface area contributed by atoms with Crippen LogP contribution in [0.4, 0.5) is 8.78 Å². The highest BCUT2D eigenvalue weighted by Crippen LogP contribution is 2.33. The summed E-state index contributed by atoms with van der Waals surface area (Å²) in [6.07, 6.45) is -1.39. The van der Waals surface area contributed by atoms with Gasteiger partial charge in [0.1, 0.15) is 29.3 Å². The average molecular weight is 317 g/mol. The molecular formula is C13H11BrF2O2. The summed E-state index contributed by atoms with van der Waals surface area (Å²) in [7, 11) is 0. The van der Waals surface area contributed by atoms with E-state index in [0.29, 0.717) is 17.1 Å². The molecule has 2 rings (SSSR count). The van der Waals surface area contributed by atoms with E-state index >= 15 is 0 Å². The van der Waals surface area contributed by atoms with Gasteiger partial charge in [0, 0.05) is 5.56 Å². The predicted octanol–water partition coefficient (Wildman–Crippen LogP) is 4.02. The average Bonchev–Trinajstić information content (AvgIpc) is 2.63. The molecule has 0 aliphatic rings. The van der Waals surface area contributed by atoms with Crippen LogP contribution >= 0.6 is 15.9 Å². The van der Waals surface area contributed by atoms with Crippen LogP contribution in [0.15, 0.2) is 27.1 Å².